The first-order valence-electron chi connectivity index (χ1n) is 13.1. The second-order valence-corrected chi connectivity index (χ2v) is 10.0. The number of carbonyl (C=O) groups excluding carboxylic acids is 3. The number of aliphatic carboxylic acids is 2. The second kappa shape index (κ2) is 17.3. The van der Waals surface area contributed by atoms with Crippen molar-refractivity contribution in [3.8, 4) is 5.75 Å². The highest BCUT2D eigenvalue weighted by Crippen LogP contribution is 2.12. The van der Waals surface area contributed by atoms with Crippen molar-refractivity contribution in [1.29, 1.82) is 0 Å². The number of carbonyl (C=O) groups is 5. The molecule has 0 fully saturated rings. The fourth-order valence-corrected chi connectivity index (χ4v) is 3.80. The Morgan fingerprint density at radius 1 is 0.854 bits per heavy atom. The average Bonchev–Trinajstić information content (AvgIpc) is 2.88. The summed E-state index contributed by atoms with van der Waals surface area (Å²) >= 11 is 0. The zero-order valence-corrected chi connectivity index (χ0v) is 23.2. The van der Waals surface area contributed by atoms with Crippen LogP contribution in [-0.2, 0) is 30.4 Å². The van der Waals surface area contributed by atoms with Gasteiger partial charge >= 0.3 is 11.9 Å². The molecule has 0 aliphatic rings. The van der Waals surface area contributed by atoms with Gasteiger partial charge in [0.2, 0.25) is 17.7 Å². The number of guanidine groups is 1. The van der Waals surface area contributed by atoms with Gasteiger partial charge in [-0.1, -0.05) is 26.0 Å². The summed E-state index contributed by atoms with van der Waals surface area (Å²) in [5.74, 6) is -5.00. The van der Waals surface area contributed by atoms with Crippen molar-refractivity contribution in [3.63, 3.8) is 0 Å². The Bertz CT molecular complexity index is 1070. The molecule has 1 aromatic carbocycles. The molecular formula is C26H41N7O8. The van der Waals surface area contributed by atoms with Gasteiger partial charge < -0.3 is 48.5 Å². The van der Waals surface area contributed by atoms with Crippen LogP contribution >= 0.6 is 0 Å². The number of aromatic hydroxyl groups is 1. The van der Waals surface area contributed by atoms with Crippen molar-refractivity contribution < 1.29 is 39.3 Å². The predicted molar refractivity (Wildman–Crippen MR) is 149 cm³/mol. The van der Waals surface area contributed by atoms with E-state index in [1.54, 1.807) is 26.0 Å². The van der Waals surface area contributed by atoms with Crippen molar-refractivity contribution >= 4 is 35.6 Å². The van der Waals surface area contributed by atoms with Crippen molar-refractivity contribution in [2.45, 2.75) is 76.5 Å². The summed E-state index contributed by atoms with van der Waals surface area (Å²) in [5.41, 5.74) is 17.3. The smallest absolute Gasteiger partial charge is 0.326 e. The number of benzene rings is 1. The fourth-order valence-electron chi connectivity index (χ4n) is 3.80. The molecule has 0 spiro atoms. The van der Waals surface area contributed by atoms with Crippen LogP contribution in [0.3, 0.4) is 0 Å². The summed E-state index contributed by atoms with van der Waals surface area (Å²) < 4.78 is 0. The Balaban J connectivity index is 3.07. The average molecular weight is 580 g/mol. The molecule has 0 heterocycles. The molecule has 0 saturated carbocycles. The topological polar surface area (TPSA) is 273 Å². The molecule has 3 amide bonds. The third-order valence-electron chi connectivity index (χ3n) is 5.91. The monoisotopic (exact) mass is 579 g/mol. The Labute approximate surface area is 237 Å². The maximum atomic E-state index is 13.2. The minimum absolute atomic E-state index is 0.0162. The molecule has 0 bridgehead atoms. The van der Waals surface area contributed by atoms with Gasteiger partial charge in [-0.05, 0) is 55.7 Å². The van der Waals surface area contributed by atoms with E-state index in [0.29, 0.717) is 5.56 Å². The summed E-state index contributed by atoms with van der Waals surface area (Å²) in [4.78, 5) is 65.8. The minimum Gasteiger partial charge on any atom is -0.508 e. The second-order valence-electron chi connectivity index (χ2n) is 10.0. The number of rotatable bonds is 18. The lowest BCUT2D eigenvalue weighted by Gasteiger charge is -2.25. The summed E-state index contributed by atoms with van der Waals surface area (Å²) in [5, 5.41) is 35.4. The quantitative estimate of drug-likeness (QED) is 0.0564. The molecule has 0 aliphatic heterocycles. The standard InChI is InChI=1S/C26H41N7O8/c1-14(2)12-20(25(40)41)33-23(38)18(4-3-11-30-26(28)29)32-24(39)19(9-10-21(35)36)31-22(37)17(27)13-15-5-7-16(34)8-6-15/h5-8,14,17-20,34H,3-4,9-13,27H2,1-2H3,(H,31,37)(H,32,39)(H,33,38)(H,35,36)(H,40,41)(H4,28,29,30). The molecular weight excluding hydrogens is 538 g/mol. The van der Waals surface area contributed by atoms with Crippen LogP contribution < -0.4 is 33.2 Å². The van der Waals surface area contributed by atoms with Gasteiger partial charge in [0, 0.05) is 13.0 Å². The molecule has 0 saturated heterocycles. The molecule has 15 heteroatoms. The largest absolute Gasteiger partial charge is 0.508 e. The number of aliphatic imine (C=N–C) groups is 1. The van der Waals surface area contributed by atoms with Crippen LogP contribution in [0.15, 0.2) is 29.3 Å². The van der Waals surface area contributed by atoms with Crippen LogP contribution in [-0.4, -0.2) is 81.7 Å². The van der Waals surface area contributed by atoms with Gasteiger partial charge in [0.1, 0.15) is 23.9 Å². The van der Waals surface area contributed by atoms with Crippen LogP contribution in [0.25, 0.3) is 0 Å². The van der Waals surface area contributed by atoms with E-state index in [1.807, 2.05) is 0 Å². The first-order chi connectivity index (χ1) is 19.2. The van der Waals surface area contributed by atoms with E-state index in [1.165, 1.54) is 12.1 Å². The van der Waals surface area contributed by atoms with E-state index in [9.17, 15) is 34.2 Å². The Morgan fingerprint density at radius 2 is 1.39 bits per heavy atom. The normalized spacial score (nSPS) is 13.8. The predicted octanol–water partition coefficient (Wildman–Crippen LogP) is -1.23. The zero-order chi connectivity index (χ0) is 31.1. The molecule has 41 heavy (non-hydrogen) atoms. The van der Waals surface area contributed by atoms with E-state index in [0.717, 1.165) is 0 Å². The van der Waals surface area contributed by atoms with Crippen molar-refractivity contribution in [2.24, 2.45) is 28.1 Å². The highest BCUT2D eigenvalue weighted by molar-refractivity contribution is 5.94. The molecule has 0 radical (unpaired) electrons. The van der Waals surface area contributed by atoms with Crippen LogP contribution in [0, 0.1) is 5.92 Å². The van der Waals surface area contributed by atoms with E-state index >= 15 is 0 Å². The van der Waals surface area contributed by atoms with Crippen LogP contribution in [0.1, 0.15) is 51.5 Å². The maximum absolute atomic E-state index is 13.2. The van der Waals surface area contributed by atoms with Gasteiger partial charge in [-0.15, -0.1) is 0 Å². The zero-order valence-electron chi connectivity index (χ0n) is 23.2. The summed E-state index contributed by atoms with van der Waals surface area (Å²) in [7, 11) is 0. The number of carboxylic acids is 2. The Kier molecular flexibility index (Phi) is 14.6. The van der Waals surface area contributed by atoms with Gasteiger partial charge in [0.25, 0.3) is 0 Å². The molecule has 15 nitrogen and oxygen atoms in total. The van der Waals surface area contributed by atoms with E-state index in [-0.39, 0.29) is 56.3 Å². The first kappa shape index (κ1) is 34.6. The highest BCUT2D eigenvalue weighted by Gasteiger charge is 2.30. The lowest BCUT2D eigenvalue weighted by Crippen LogP contribution is -2.57. The molecule has 4 atom stereocenters. The molecule has 12 N–H and O–H groups in total. The Hall–Kier alpha value is -4.40. The van der Waals surface area contributed by atoms with E-state index < -0.39 is 60.2 Å². The maximum Gasteiger partial charge on any atom is 0.326 e. The van der Waals surface area contributed by atoms with Gasteiger partial charge in [-0.25, -0.2) is 4.79 Å². The summed E-state index contributed by atoms with van der Waals surface area (Å²) in [6, 6.07) is 1.10. The van der Waals surface area contributed by atoms with E-state index in [4.69, 9.17) is 22.3 Å². The molecule has 0 aromatic heterocycles. The Morgan fingerprint density at radius 3 is 1.90 bits per heavy atom. The number of nitrogens with zero attached hydrogens (tertiary/aromatic N) is 1. The molecule has 0 aliphatic carbocycles. The van der Waals surface area contributed by atoms with Gasteiger partial charge in [0.05, 0.1) is 6.04 Å². The number of hydrogen-bond acceptors (Lipinski definition) is 8. The van der Waals surface area contributed by atoms with E-state index in [2.05, 4.69) is 20.9 Å². The number of phenolic OH excluding ortho intramolecular Hbond substituents is 1. The number of nitrogens with one attached hydrogen (secondary N) is 3. The molecule has 228 valence electrons. The van der Waals surface area contributed by atoms with Crippen molar-refractivity contribution in [3.05, 3.63) is 29.8 Å². The van der Waals surface area contributed by atoms with Crippen molar-refractivity contribution in [2.75, 3.05) is 6.54 Å². The van der Waals surface area contributed by atoms with Crippen LogP contribution in [0.2, 0.25) is 0 Å². The summed E-state index contributed by atoms with van der Waals surface area (Å²) in [6.45, 7) is 3.71. The number of nitrogens with two attached hydrogens (primary N) is 3. The fraction of sp³-hybridized carbons (Fsp3) is 0.538. The third-order valence-corrected chi connectivity index (χ3v) is 5.91. The van der Waals surface area contributed by atoms with Gasteiger partial charge in [-0.2, -0.15) is 0 Å². The number of hydrogen-bond donors (Lipinski definition) is 9. The molecule has 1 rings (SSSR count). The lowest BCUT2D eigenvalue weighted by molar-refractivity contribution is -0.142. The summed E-state index contributed by atoms with van der Waals surface area (Å²) in [6.07, 6.45) is -0.299. The third kappa shape index (κ3) is 14.0. The highest BCUT2D eigenvalue weighted by atomic mass is 16.4. The van der Waals surface area contributed by atoms with Gasteiger partial charge in [0.15, 0.2) is 5.96 Å². The number of amides is 3. The van der Waals surface area contributed by atoms with Gasteiger partial charge in [-0.3, -0.25) is 24.2 Å². The first-order valence-corrected chi connectivity index (χ1v) is 13.1. The number of phenols is 1. The minimum atomic E-state index is -1.36. The lowest BCUT2D eigenvalue weighted by atomic mass is 10.0. The van der Waals surface area contributed by atoms with Crippen LogP contribution in [0.4, 0.5) is 0 Å². The van der Waals surface area contributed by atoms with Crippen molar-refractivity contribution in [1.82, 2.24) is 16.0 Å². The van der Waals surface area contributed by atoms with Crippen LogP contribution in [0.5, 0.6) is 5.75 Å². The molecule has 4 unspecified atom stereocenters. The molecule has 1 aromatic rings. The SMILES string of the molecule is CC(C)CC(NC(=O)C(CCCN=C(N)N)NC(=O)C(CCC(=O)O)NC(=O)C(N)Cc1ccc(O)cc1)C(=O)O. The number of carboxylic acid groups (broad SMARTS) is 2.